The van der Waals surface area contributed by atoms with Crippen LogP contribution in [0.15, 0.2) is 0 Å². The van der Waals surface area contributed by atoms with Gasteiger partial charge in [-0.3, -0.25) is 0 Å². The van der Waals surface area contributed by atoms with Crippen molar-refractivity contribution in [2.45, 2.75) is 37.6 Å². The van der Waals surface area contributed by atoms with Crippen molar-refractivity contribution in [2.75, 3.05) is 13.2 Å². The molecule has 2 aliphatic rings. The smallest absolute Gasteiger partial charge is 0.194 e. The second kappa shape index (κ2) is 2.73. The molecule has 0 radical (unpaired) electrons. The van der Waals surface area contributed by atoms with Crippen molar-refractivity contribution in [1.29, 1.82) is 0 Å². The predicted octanol–water partition coefficient (Wildman–Crippen LogP) is 0.664. The average molecular weight is 158 g/mol. The largest absolute Gasteiger partial charge is 0.387 e. The zero-order chi connectivity index (χ0) is 7.73. The van der Waals surface area contributed by atoms with E-state index >= 15 is 0 Å². The summed E-state index contributed by atoms with van der Waals surface area (Å²) in [7, 11) is 0. The Kier molecular flexibility index (Phi) is 1.87. The fourth-order valence-corrected chi connectivity index (χ4v) is 1.83. The van der Waals surface area contributed by atoms with Crippen molar-refractivity contribution in [3.63, 3.8) is 0 Å². The molecule has 2 atom stereocenters. The summed E-state index contributed by atoms with van der Waals surface area (Å²) in [5, 5.41) is 9.55. The van der Waals surface area contributed by atoms with Gasteiger partial charge in [-0.05, 0) is 12.8 Å². The van der Waals surface area contributed by atoms with Crippen molar-refractivity contribution in [3.8, 4) is 0 Å². The van der Waals surface area contributed by atoms with E-state index in [4.69, 9.17) is 9.47 Å². The van der Waals surface area contributed by atoms with Crippen molar-refractivity contribution >= 4 is 0 Å². The Bertz CT molecular complexity index is 140. The normalized spacial score (nSPS) is 45.0. The maximum absolute atomic E-state index is 9.55. The SMILES string of the molecule is O[C@@H]1CCO[C@]12CCCCO2. The van der Waals surface area contributed by atoms with Crippen molar-refractivity contribution in [1.82, 2.24) is 0 Å². The molecule has 2 rings (SSSR count). The molecule has 1 N–H and O–H groups in total. The lowest BCUT2D eigenvalue weighted by Gasteiger charge is -2.34. The molecule has 3 nitrogen and oxygen atoms in total. The molecule has 0 bridgehead atoms. The first-order chi connectivity index (χ1) is 5.33. The van der Waals surface area contributed by atoms with Gasteiger partial charge < -0.3 is 14.6 Å². The lowest BCUT2D eigenvalue weighted by molar-refractivity contribution is -0.263. The fourth-order valence-electron chi connectivity index (χ4n) is 1.83. The van der Waals surface area contributed by atoms with Gasteiger partial charge in [-0.15, -0.1) is 0 Å². The number of hydrogen-bond acceptors (Lipinski definition) is 3. The summed E-state index contributed by atoms with van der Waals surface area (Å²) in [6.45, 7) is 1.37. The van der Waals surface area contributed by atoms with E-state index in [0.29, 0.717) is 6.61 Å². The monoisotopic (exact) mass is 158 g/mol. The Hall–Kier alpha value is -0.120. The summed E-state index contributed by atoms with van der Waals surface area (Å²) in [5.41, 5.74) is 0. The summed E-state index contributed by atoms with van der Waals surface area (Å²) >= 11 is 0. The zero-order valence-corrected chi connectivity index (χ0v) is 6.58. The minimum atomic E-state index is -0.613. The summed E-state index contributed by atoms with van der Waals surface area (Å²) in [6, 6.07) is 0. The molecular formula is C8H14O3. The molecule has 2 heterocycles. The van der Waals surface area contributed by atoms with Crippen LogP contribution in [0.3, 0.4) is 0 Å². The molecule has 64 valence electrons. The molecule has 0 amide bonds. The molecule has 0 aromatic carbocycles. The Morgan fingerprint density at radius 2 is 2.00 bits per heavy atom. The molecule has 0 aliphatic carbocycles. The maximum Gasteiger partial charge on any atom is 0.194 e. The van der Waals surface area contributed by atoms with E-state index in [0.717, 1.165) is 32.3 Å². The van der Waals surface area contributed by atoms with Gasteiger partial charge in [0.05, 0.1) is 13.2 Å². The highest BCUT2D eigenvalue weighted by Gasteiger charge is 2.45. The van der Waals surface area contributed by atoms with E-state index in [1.165, 1.54) is 0 Å². The summed E-state index contributed by atoms with van der Waals surface area (Å²) in [5.74, 6) is -0.613. The standard InChI is InChI=1S/C8H14O3/c9-7-3-6-11-8(7)4-1-2-5-10-8/h7,9H,1-6H2/t7-,8-/m1/s1. The quantitative estimate of drug-likeness (QED) is 0.563. The molecule has 0 saturated carbocycles. The minimum Gasteiger partial charge on any atom is -0.387 e. The number of rotatable bonds is 0. The highest BCUT2D eigenvalue weighted by atomic mass is 16.7. The second-order valence-corrected chi connectivity index (χ2v) is 3.27. The van der Waals surface area contributed by atoms with Crippen LogP contribution in [0.2, 0.25) is 0 Å². The molecule has 0 unspecified atom stereocenters. The summed E-state index contributed by atoms with van der Waals surface area (Å²) in [4.78, 5) is 0. The number of hydrogen-bond donors (Lipinski definition) is 1. The molecule has 2 fully saturated rings. The predicted molar refractivity (Wildman–Crippen MR) is 39.1 cm³/mol. The first-order valence-electron chi connectivity index (χ1n) is 4.29. The molecule has 3 heteroatoms. The highest BCUT2D eigenvalue weighted by Crippen LogP contribution is 2.35. The third-order valence-electron chi connectivity index (χ3n) is 2.51. The third kappa shape index (κ3) is 1.17. The summed E-state index contributed by atoms with van der Waals surface area (Å²) in [6.07, 6.45) is 3.38. The van der Waals surface area contributed by atoms with E-state index in [-0.39, 0.29) is 0 Å². The fraction of sp³-hybridized carbons (Fsp3) is 1.00. The molecule has 11 heavy (non-hydrogen) atoms. The van der Waals surface area contributed by atoms with Crippen molar-refractivity contribution in [3.05, 3.63) is 0 Å². The van der Waals surface area contributed by atoms with Gasteiger partial charge in [0, 0.05) is 12.8 Å². The first-order valence-corrected chi connectivity index (χ1v) is 4.29. The van der Waals surface area contributed by atoms with Gasteiger partial charge in [-0.1, -0.05) is 0 Å². The Morgan fingerprint density at radius 1 is 1.18 bits per heavy atom. The molecule has 2 saturated heterocycles. The Morgan fingerprint density at radius 3 is 2.55 bits per heavy atom. The molecule has 1 spiro atoms. The second-order valence-electron chi connectivity index (χ2n) is 3.27. The first kappa shape index (κ1) is 7.53. The zero-order valence-electron chi connectivity index (χ0n) is 6.58. The molecular weight excluding hydrogens is 144 g/mol. The number of ether oxygens (including phenoxy) is 2. The van der Waals surface area contributed by atoms with Gasteiger partial charge in [0.2, 0.25) is 0 Å². The van der Waals surface area contributed by atoms with Crippen LogP contribution >= 0.6 is 0 Å². The van der Waals surface area contributed by atoms with E-state index in [1.807, 2.05) is 0 Å². The highest BCUT2D eigenvalue weighted by molar-refractivity contribution is 4.86. The van der Waals surface area contributed by atoms with E-state index < -0.39 is 11.9 Å². The van der Waals surface area contributed by atoms with Gasteiger partial charge in [0.15, 0.2) is 5.79 Å². The van der Waals surface area contributed by atoms with Crippen molar-refractivity contribution in [2.24, 2.45) is 0 Å². The van der Waals surface area contributed by atoms with Crippen LogP contribution in [-0.4, -0.2) is 30.2 Å². The van der Waals surface area contributed by atoms with Gasteiger partial charge in [0.25, 0.3) is 0 Å². The molecule has 0 aromatic heterocycles. The van der Waals surface area contributed by atoms with Crippen LogP contribution in [0.5, 0.6) is 0 Å². The van der Waals surface area contributed by atoms with Crippen LogP contribution in [0.25, 0.3) is 0 Å². The Balaban J connectivity index is 2.06. The van der Waals surface area contributed by atoms with Crippen LogP contribution in [-0.2, 0) is 9.47 Å². The van der Waals surface area contributed by atoms with E-state index in [2.05, 4.69) is 0 Å². The van der Waals surface area contributed by atoms with E-state index in [1.54, 1.807) is 0 Å². The maximum atomic E-state index is 9.55. The number of aliphatic hydroxyl groups is 1. The van der Waals surface area contributed by atoms with Crippen LogP contribution in [0, 0.1) is 0 Å². The Labute approximate surface area is 66.3 Å². The van der Waals surface area contributed by atoms with Gasteiger partial charge >= 0.3 is 0 Å². The topological polar surface area (TPSA) is 38.7 Å². The lowest BCUT2D eigenvalue weighted by atomic mass is 10.0. The van der Waals surface area contributed by atoms with Gasteiger partial charge in [-0.2, -0.15) is 0 Å². The van der Waals surface area contributed by atoms with Crippen LogP contribution < -0.4 is 0 Å². The van der Waals surface area contributed by atoms with Gasteiger partial charge in [0.1, 0.15) is 6.10 Å². The van der Waals surface area contributed by atoms with Crippen LogP contribution in [0.4, 0.5) is 0 Å². The lowest BCUT2D eigenvalue weighted by Crippen LogP contribution is -2.44. The van der Waals surface area contributed by atoms with Gasteiger partial charge in [-0.25, -0.2) is 0 Å². The molecule has 0 aromatic rings. The van der Waals surface area contributed by atoms with Crippen molar-refractivity contribution < 1.29 is 14.6 Å². The van der Waals surface area contributed by atoms with Crippen LogP contribution in [0.1, 0.15) is 25.7 Å². The third-order valence-corrected chi connectivity index (χ3v) is 2.51. The molecule has 2 aliphatic heterocycles. The average Bonchev–Trinajstić information content (AvgIpc) is 2.36. The minimum absolute atomic E-state index is 0.400. The number of aliphatic hydroxyl groups excluding tert-OH is 1. The summed E-state index contributed by atoms with van der Waals surface area (Å²) < 4.78 is 10.9. The van der Waals surface area contributed by atoms with E-state index in [9.17, 15) is 5.11 Å².